The van der Waals surface area contributed by atoms with Crippen LogP contribution in [0.2, 0.25) is 0 Å². The number of nitrogens with zero attached hydrogens (tertiary/aromatic N) is 8. The monoisotopic (exact) mass is 424 g/mol. The summed E-state index contributed by atoms with van der Waals surface area (Å²) in [4.78, 5) is 34.3. The van der Waals surface area contributed by atoms with Crippen molar-refractivity contribution in [3.8, 4) is 0 Å². The van der Waals surface area contributed by atoms with Gasteiger partial charge in [0.25, 0.3) is 11.1 Å². The number of anilines is 1. The second kappa shape index (κ2) is 7.92. The minimum absolute atomic E-state index is 0.00275. The van der Waals surface area contributed by atoms with E-state index in [4.69, 9.17) is 4.98 Å². The molecule has 0 unspecified atom stereocenters. The van der Waals surface area contributed by atoms with E-state index >= 15 is 0 Å². The molecule has 1 aliphatic carbocycles. The Bertz CT molecular complexity index is 1230. The molecule has 4 heterocycles. The van der Waals surface area contributed by atoms with E-state index in [1.807, 2.05) is 0 Å². The Morgan fingerprint density at radius 2 is 1.77 bits per heavy atom. The first-order valence-corrected chi connectivity index (χ1v) is 11.0. The molecule has 5 rings (SSSR count). The number of piperazine rings is 1. The van der Waals surface area contributed by atoms with Crippen LogP contribution in [-0.4, -0.2) is 66.7 Å². The largest absolute Gasteiger partial charge is 0.340 e. The third-order valence-corrected chi connectivity index (χ3v) is 6.51. The van der Waals surface area contributed by atoms with Crippen molar-refractivity contribution < 1.29 is 0 Å². The van der Waals surface area contributed by atoms with Gasteiger partial charge < -0.3 is 4.90 Å². The molecule has 0 amide bonds. The maximum atomic E-state index is 12.7. The highest BCUT2D eigenvalue weighted by atomic mass is 16.1. The highest BCUT2D eigenvalue weighted by Gasteiger charge is 2.22. The first-order chi connectivity index (χ1) is 15.0. The maximum Gasteiger partial charge on any atom is 0.267 e. The van der Waals surface area contributed by atoms with E-state index in [0.29, 0.717) is 23.5 Å². The Kier molecular flexibility index (Phi) is 5.09. The molecule has 2 aliphatic rings. The van der Waals surface area contributed by atoms with Gasteiger partial charge in [-0.3, -0.25) is 23.7 Å². The molecular weight excluding hydrogens is 396 g/mol. The summed E-state index contributed by atoms with van der Waals surface area (Å²) in [5.74, 6) is 0.674. The van der Waals surface area contributed by atoms with Crippen molar-refractivity contribution in [2.45, 2.75) is 32.2 Å². The number of fused-ring (bicyclic) bond motifs is 2. The van der Waals surface area contributed by atoms with Crippen molar-refractivity contribution in [3.05, 3.63) is 44.2 Å². The van der Waals surface area contributed by atoms with Gasteiger partial charge >= 0.3 is 0 Å². The summed E-state index contributed by atoms with van der Waals surface area (Å²) < 4.78 is 4.87. The molecule has 0 aromatic carbocycles. The van der Waals surface area contributed by atoms with E-state index in [2.05, 4.69) is 20.0 Å². The zero-order valence-corrected chi connectivity index (χ0v) is 18.1. The van der Waals surface area contributed by atoms with Crippen LogP contribution in [0.1, 0.15) is 24.1 Å². The maximum absolute atomic E-state index is 12.7. The van der Waals surface area contributed by atoms with Gasteiger partial charge in [-0.25, -0.2) is 4.68 Å². The summed E-state index contributed by atoms with van der Waals surface area (Å²) in [6.07, 6.45) is 5.82. The molecule has 1 fully saturated rings. The van der Waals surface area contributed by atoms with Crippen molar-refractivity contribution in [1.82, 2.24) is 34.0 Å². The van der Waals surface area contributed by atoms with Crippen LogP contribution in [0.5, 0.6) is 0 Å². The van der Waals surface area contributed by atoms with Gasteiger partial charge in [-0.05, 0) is 31.2 Å². The lowest BCUT2D eigenvalue weighted by Crippen LogP contribution is -2.49. The molecule has 0 spiro atoms. The first kappa shape index (κ1) is 19.9. The summed E-state index contributed by atoms with van der Waals surface area (Å²) in [5.41, 5.74) is 2.76. The summed E-state index contributed by atoms with van der Waals surface area (Å²) in [7, 11) is 3.56. The number of aromatic nitrogens is 6. The van der Waals surface area contributed by atoms with Crippen LogP contribution < -0.4 is 16.0 Å². The summed E-state index contributed by atoms with van der Waals surface area (Å²) >= 11 is 0. The molecule has 3 aromatic heterocycles. The lowest BCUT2D eigenvalue weighted by atomic mass is 9.97. The SMILES string of the molecule is Cn1c(N2CCN(CCn3nc4c(cc3=O)CCCC4)CC2)nc2c(cnn2C)c1=O. The Labute approximate surface area is 179 Å². The predicted molar refractivity (Wildman–Crippen MR) is 118 cm³/mol. The zero-order chi connectivity index (χ0) is 21.5. The van der Waals surface area contributed by atoms with Gasteiger partial charge in [0.15, 0.2) is 5.65 Å². The number of hydrogen-bond acceptors (Lipinski definition) is 7. The average molecular weight is 425 g/mol. The molecule has 164 valence electrons. The zero-order valence-electron chi connectivity index (χ0n) is 18.1. The highest BCUT2D eigenvalue weighted by molar-refractivity contribution is 5.74. The molecule has 0 bridgehead atoms. The predicted octanol–water partition coefficient (Wildman–Crippen LogP) is -0.0753. The van der Waals surface area contributed by atoms with Gasteiger partial charge in [0.1, 0.15) is 5.39 Å². The van der Waals surface area contributed by atoms with E-state index in [0.717, 1.165) is 69.7 Å². The van der Waals surface area contributed by atoms with Crippen LogP contribution in [0.3, 0.4) is 0 Å². The van der Waals surface area contributed by atoms with Crippen LogP contribution >= 0.6 is 0 Å². The molecule has 1 saturated heterocycles. The highest BCUT2D eigenvalue weighted by Crippen LogP contribution is 2.17. The van der Waals surface area contributed by atoms with E-state index in [1.165, 1.54) is 0 Å². The summed E-state index contributed by atoms with van der Waals surface area (Å²) in [5, 5.41) is 9.32. The van der Waals surface area contributed by atoms with E-state index in [9.17, 15) is 9.59 Å². The fourth-order valence-electron chi connectivity index (χ4n) is 4.61. The molecule has 1 aliphatic heterocycles. The van der Waals surface area contributed by atoms with Crippen molar-refractivity contribution in [2.75, 3.05) is 37.6 Å². The Morgan fingerprint density at radius 1 is 1.00 bits per heavy atom. The van der Waals surface area contributed by atoms with Gasteiger partial charge in [0.2, 0.25) is 5.95 Å². The second-order valence-electron chi connectivity index (χ2n) is 8.49. The Morgan fingerprint density at radius 3 is 2.58 bits per heavy atom. The van der Waals surface area contributed by atoms with E-state index < -0.39 is 0 Å². The van der Waals surface area contributed by atoms with Crippen LogP contribution in [0.4, 0.5) is 5.95 Å². The molecule has 0 N–H and O–H groups in total. The van der Waals surface area contributed by atoms with E-state index in [-0.39, 0.29) is 11.1 Å². The van der Waals surface area contributed by atoms with Crippen LogP contribution in [0, 0.1) is 0 Å². The van der Waals surface area contributed by atoms with Gasteiger partial charge in [-0.2, -0.15) is 15.2 Å². The second-order valence-corrected chi connectivity index (χ2v) is 8.49. The summed E-state index contributed by atoms with van der Waals surface area (Å²) in [6, 6.07) is 1.78. The molecule has 0 saturated carbocycles. The standard InChI is InChI=1S/C21H28N8O2/c1-25-20(31)16-14-22-26(2)19(16)23-21(25)28-10-7-27(8-11-28)9-12-29-18(30)13-15-5-3-4-6-17(15)24-29/h13-14H,3-12H2,1-2H3. The summed E-state index contributed by atoms with van der Waals surface area (Å²) in [6.45, 7) is 4.63. The molecule has 31 heavy (non-hydrogen) atoms. The first-order valence-electron chi connectivity index (χ1n) is 11.0. The molecule has 10 heteroatoms. The molecule has 10 nitrogen and oxygen atoms in total. The Balaban J connectivity index is 1.25. The van der Waals surface area contributed by atoms with Crippen molar-refractivity contribution in [3.63, 3.8) is 0 Å². The smallest absolute Gasteiger partial charge is 0.267 e. The topological polar surface area (TPSA) is 94.1 Å². The Hall–Kier alpha value is -3.01. The molecule has 3 aromatic rings. The fraction of sp³-hybridized carbons (Fsp3) is 0.571. The van der Waals surface area contributed by atoms with Crippen molar-refractivity contribution in [2.24, 2.45) is 14.1 Å². The molecular formula is C21H28N8O2. The minimum Gasteiger partial charge on any atom is -0.340 e. The number of hydrogen-bond donors (Lipinski definition) is 0. The lowest BCUT2D eigenvalue weighted by Gasteiger charge is -2.35. The van der Waals surface area contributed by atoms with Gasteiger partial charge in [0.05, 0.1) is 18.4 Å². The van der Waals surface area contributed by atoms with Crippen LogP contribution in [0.25, 0.3) is 11.0 Å². The van der Waals surface area contributed by atoms with Crippen LogP contribution in [-0.2, 0) is 33.5 Å². The normalized spacial score (nSPS) is 17.3. The van der Waals surface area contributed by atoms with E-state index in [1.54, 1.807) is 40.3 Å². The molecule has 0 atom stereocenters. The minimum atomic E-state index is -0.0756. The van der Waals surface area contributed by atoms with Gasteiger partial charge in [-0.1, -0.05) is 0 Å². The quantitative estimate of drug-likeness (QED) is 0.578. The van der Waals surface area contributed by atoms with Crippen LogP contribution in [0.15, 0.2) is 21.9 Å². The van der Waals surface area contributed by atoms with Gasteiger partial charge in [0, 0.05) is 52.9 Å². The third-order valence-electron chi connectivity index (χ3n) is 6.51. The number of aryl methyl sites for hydroxylation is 3. The van der Waals surface area contributed by atoms with Crippen molar-refractivity contribution in [1.29, 1.82) is 0 Å². The average Bonchev–Trinajstić information content (AvgIpc) is 3.16. The lowest BCUT2D eigenvalue weighted by molar-refractivity contribution is 0.240. The fourth-order valence-corrected chi connectivity index (χ4v) is 4.61. The molecule has 0 radical (unpaired) electrons. The van der Waals surface area contributed by atoms with Gasteiger partial charge in [-0.15, -0.1) is 0 Å². The van der Waals surface area contributed by atoms with Crippen molar-refractivity contribution >= 4 is 17.0 Å². The third kappa shape index (κ3) is 3.65. The number of rotatable bonds is 4.